The summed E-state index contributed by atoms with van der Waals surface area (Å²) >= 11 is 1.96. The topological polar surface area (TPSA) is 15.3 Å². The smallest absolute Gasteiger partial charge is 0.0599 e. The summed E-state index contributed by atoms with van der Waals surface area (Å²) in [6.07, 6.45) is 5.12. The molecule has 1 aromatic rings. The Balaban J connectivity index is 2.26. The fraction of sp³-hybridized carbons (Fsp3) is 0.765. The van der Waals surface area contributed by atoms with Crippen molar-refractivity contribution >= 4 is 11.3 Å². The molecule has 1 aliphatic rings. The van der Waals surface area contributed by atoms with Gasteiger partial charge in [0.1, 0.15) is 0 Å². The molecule has 1 aromatic heterocycles. The fourth-order valence-corrected chi connectivity index (χ4v) is 4.46. The van der Waals surface area contributed by atoms with Crippen LogP contribution < -0.4 is 5.32 Å². The van der Waals surface area contributed by atoms with Crippen LogP contribution in [-0.4, -0.2) is 30.1 Å². The average molecular weight is 295 g/mol. The second-order valence-electron chi connectivity index (χ2n) is 6.24. The van der Waals surface area contributed by atoms with Crippen LogP contribution in [0.25, 0.3) is 0 Å². The maximum atomic E-state index is 3.84. The van der Waals surface area contributed by atoms with E-state index in [2.05, 4.69) is 50.0 Å². The number of nitrogens with one attached hydrogen (secondary N) is 1. The molecule has 1 aliphatic heterocycles. The Morgan fingerprint density at radius 3 is 2.50 bits per heavy atom. The molecule has 2 unspecified atom stereocenters. The van der Waals surface area contributed by atoms with Gasteiger partial charge >= 0.3 is 0 Å². The molecule has 0 spiro atoms. The van der Waals surface area contributed by atoms with Crippen molar-refractivity contribution in [3.05, 3.63) is 21.9 Å². The first kappa shape index (κ1) is 16.0. The van der Waals surface area contributed by atoms with E-state index in [4.69, 9.17) is 0 Å². The number of thiophene rings is 1. The predicted octanol–water partition coefficient (Wildman–Crippen LogP) is 4.36. The molecule has 1 saturated heterocycles. The van der Waals surface area contributed by atoms with E-state index in [1.54, 1.807) is 0 Å². The Bertz CT molecular complexity index is 409. The summed E-state index contributed by atoms with van der Waals surface area (Å²) in [6.45, 7) is 12.9. The molecule has 0 amide bonds. The van der Waals surface area contributed by atoms with Gasteiger partial charge in [0, 0.05) is 15.3 Å². The van der Waals surface area contributed by atoms with E-state index in [0.717, 1.165) is 6.54 Å². The van der Waals surface area contributed by atoms with Gasteiger partial charge in [-0.2, -0.15) is 0 Å². The van der Waals surface area contributed by atoms with Crippen LogP contribution in [0.1, 0.15) is 62.3 Å². The number of likely N-dealkylation sites (tertiary alicyclic amines) is 1. The Hall–Kier alpha value is -0.380. The van der Waals surface area contributed by atoms with E-state index in [0.29, 0.717) is 6.04 Å². The molecule has 20 heavy (non-hydrogen) atoms. The monoisotopic (exact) mass is 294 g/mol. The van der Waals surface area contributed by atoms with Gasteiger partial charge in [0.05, 0.1) is 6.04 Å². The van der Waals surface area contributed by atoms with Crippen molar-refractivity contribution in [2.75, 3.05) is 19.6 Å². The number of hydrogen-bond acceptors (Lipinski definition) is 3. The van der Waals surface area contributed by atoms with Crippen molar-refractivity contribution in [3.63, 3.8) is 0 Å². The molecule has 2 atom stereocenters. The maximum Gasteiger partial charge on any atom is 0.0599 e. The number of hydrogen-bond donors (Lipinski definition) is 1. The van der Waals surface area contributed by atoms with E-state index >= 15 is 0 Å². The highest BCUT2D eigenvalue weighted by atomic mass is 32.1. The lowest BCUT2D eigenvalue weighted by atomic mass is 9.86. The van der Waals surface area contributed by atoms with Crippen LogP contribution in [0.3, 0.4) is 0 Å². The molecule has 2 nitrogen and oxygen atoms in total. The third-order valence-corrected chi connectivity index (χ3v) is 5.88. The highest BCUT2D eigenvalue weighted by Crippen LogP contribution is 2.38. The third kappa shape index (κ3) is 3.26. The minimum Gasteiger partial charge on any atom is -0.308 e. The lowest BCUT2D eigenvalue weighted by molar-refractivity contribution is 0.0853. The van der Waals surface area contributed by atoms with Crippen molar-refractivity contribution in [2.24, 2.45) is 0 Å². The molecule has 0 aromatic carbocycles. The van der Waals surface area contributed by atoms with Gasteiger partial charge in [-0.3, -0.25) is 4.90 Å². The molecule has 2 heterocycles. The number of nitrogens with zero attached hydrogens (tertiary/aromatic N) is 1. The van der Waals surface area contributed by atoms with E-state index in [1.165, 1.54) is 48.5 Å². The highest BCUT2D eigenvalue weighted by Gasteiger charge is 2.40. The van der Waals surface area contributed by atoms with Crippen LogP contribution in [0.5, 0.6) is 0 Å². The normalized spacial score (nSPS) is 21.0. The van der Waals surface area contributed by atoms with Crippen LogP contribution in [0.2, 0.25) is 0 Å². The zero-order valence-corrected chi connectivity index (χ0v) is 14.4. The van der Waals surface area contributed by atoms with Crippen LogP contribution >= 0.6 is 11.3 Å². The van der Waals surface area contributed by atoms with Gasteiger partial charge in [-0.15, -0.1) is 11.3 Å². The van der Waals surface area contributed by atoms with Crippen LogP contribution in [0.15, 0.2) is 12.1 Å². The van der Waals surface area contributed by atoms with Crippen molar-refractivity contribution in [1.29, 1.82) is 0 Å². The number of aryl methyl sites for hydroxylation is 1. The Labute approximate surface area is 128 Å². The van der Waals surface area contributed by atoms with Gasteiger partial charge in [0.2, 0.25) is 0 Å². The summed E-state index contributed by atoms with van der Waals surface area (Å²) in [7, 11) is 0. The highest BCUT2D eigenvalue weighted by molar-refractivity contribution is 7.12. The van der Waals surface area contributed by atoms with Crippen LogP contribution in [-0.2, 0) is 0 Å². The summed E-state index contributed by atoms with van der Waals surface area (Å²) < 4.78 is 0. The van der Waals surface area contributed by atoms with Gasteiger partial charge < -0.3 is 5.32 Å². The van der Waals surface area contributed by atoms with E-state index < -0.39 is 0 Å². The standard InChI is InChI=1S/C17H30N2S/c1-5-11-18-16(15-10-9-14(3)20-15)17(4,6-2)19-12-7-8-13-19/h9-10,16,18H,5-8,11-13H2,1-4H3. The second-order valence-corrected chi connectivity index (χ2v) is 7.56. The van der Waals surface area contributed by atoms with Crippen molar-refractivity contribution in [3.8, 4) is 0 Å². The van der Waals surface area contributed by atoms with Gasteiger partial charge in [-0.25, -0.2) is 0 Å². The Morgan fingerprint density at radius 2 is 2.00 bits per heavy atom. The van der Waals surface area contributed by atoms with Crippen LogP contribution in [0, 0.1) is 6.92 Å². The lowest BCUT2D eigenvalue weighted by Gasteiger charge is -2.44. The summed E-state index contributed by atoms with van der Waals surface area (Å²) in [5.74, 6) is 0. The molecule has 1 N–H and O–H groups in total. The largest absolute Gasteiger partial charge is 0.308 e. The zero-order valence-electron chi connectivity index (χ0n) is 13.5. The van der Waals surface area contributed by atoms with Crippen molar-refractivity contribution in [2.45, 2.75) is 65.0 Å². The Morgan fingerprint density at radius 1 is 1.30 bits per heavy atom. The van der Waals surface area contributed by atoms with Crippen molar-refractivity contribution < 1.29 is 0 Å². The van der Waals surface area contributed by atoms with E-state index in [1.807, 2.05) is 11.3 Å². The summed E-state index contributed by atoms with van der Waals surface area (Å²) in [4.78, 5) is 5.64. The minimum atomic E-state index is 0.239. The molecule has 114 valence electrons. The molecule has 1 fully saturated rings. The minimum absolute atomic E-state index is 0.239. The van der Waals surface area contributed by atoms with Gasteiger partial charge in [0.15, 0.2) is 0 Å². The second kappa shape index (κ2) is 7.06. The molecule has 0 aliphatic carbocycles. The van der Waals surface area contributed by atoms with Gasteiger partial charge in [0.25, 0.3) is 0 Å². The molecule has 3 heteroatoms. The van der Waals surface area contributed by atoms with E-state index in [-0.39, 0.29) is 5.54 Å². The molecular formula is C17H30N2S. The SMILES string of the molecule is CCCNC(c1ccc(C)s1)C(C)(CC)N1CCCC1. The first-order chi connectivity index (χ1) is 9.61. The third-order valence-electron chi connectivity index (χ3n) is 4.81. The maximum absolute atomic E-state index is 3.84. The molecule has 2 rings (SSSR count). The summed E-state index contributed by atoms with van der Waals surface area (Å²) in [5, 5.41) is 3.84. The van der Waals surface area contributed by atoms with Crippen molar-refractivity contribution in [1.82, 2.24) is 10.2 Å². The summed E-state index contributed by atoms with van der Waals surface area (Å²) in [5.41, 5.74) is 0.239. The van der Waals surface area contributed by atoms with E-state index in [9.17, 15) is 0 Å². The first-order valence-corrected chi connectivity index (χ1v) is 8.98. The lowest BCUT2D eigenvalue weighted by Crippen LogP contribution is -2.53. The Kier molecular flexibility index (Phi) is 5.65. The molecule has 0 radical (unpaired) electrons. The first-order valence-electron chi connectivity index (χ1n) is 8.16. The molecule has 0 bridgehead atoms. The fourth-order valence-electron chi connectivity index (χ4n) is 3.36. The van der Waals surface area contributed by atoms with Crippen LogP contribution in [0.4, 0.5) is 0 Å². The van der Waals surface area contributed by atoms with Gasteiger partial charge in [-0.05, 0) is 71.3 Å². The summed E-state index contributed by atoms with van der Waals surface area (Å²) in [6, 6.07) is 5.06. The molecular weight excluding hydrogens is 264 g/mol. The van der Waals surface area contributed by atoms with Gasteiger partial charge in [-0.1, -0.05) is 13.8 Å². The number of rotatable bonds is 7. The molecule has 0 saturated carbocycles. The quantitative estimate of drug-likeness (QED) is 0.803. The zero-order chi connectivity index (χ0) is 14.6. The predicted molar refractivity (Wildman–Crippen MR) is 89.6 cm³/mol. The average Bonchev–Trinajstić information content (AvgIpc) is 3.10.